The van der Waals surface area contributed by atoms with E-state index in [0.717, 1.165) is 60.6 Å². The van der Waals surface area contributed by atoms with E-state index in [4.69, 9.17) is 25.8 Å². The maximum Gasteiger partial charge on any atom is 0.329 e. The quantitative estimate of drug-likeness (QED) is 0.151. The molecule has 0 amide bonds. The highest BCUT2D eigenvalue weighted by molar-refractivity contribution is 6.30. The Morgan fingerprint density at radius 1 is 1.02 bits per heavy atom. The summed E-state index contributed by atoms with van der Waals surface area (Å²) in [5.74, 6) is 2.91. The van der Waals surface area contributed by atoms with Crippen molar-refractivity contribution in [3.8, 4) is 17.2 Å². The number of hydrogen-bond acceptors (Lipinski definition) is 6. The standard InChI is InChI=1S/C43H49ClN2O5/c1-28(26-51-39-15-20-45-38-12-4-7-29(2)40(38)39)21-32-23-31-13-14-36(50-27-30-8-5-11-35(22-30)49-3)25-37(31)42(32)16-18-43(19-17-42,41(47)48)46-34-10-6-9-33(44)24-34/h5-6,8-11,13-15,20,22,24-25,28-29,32,46H,4,7,12,16-19,21,23,26-27H2,1-3H3,(H,47,48)/t28-,29-,32?,42?,43?/m1/s1. The van der Waals surface area contributed by atoms with Gasteiger partial charge in [0.1, 0.15) is 29.4 Å². The molecule has 7 nitrogen and oxygen atoms in total. The summed E-state index contributed by atoms with van der Waals surface area (Å²) in [6, 6.07) is 23.9. The van der Waals surface area contributed by atoms with Gasteiger partial charge < -0.3 is 24.6 Å². The number of hydrogen-bond donors (Lipinski definition) is 2. The van der Waals surface area contributed by atoms with Crippen LogP contribution < -0.4 is 19.5 Å². The Balaban J connectivity index is 1.13. The maximum atomic E-state index is 13.0. The number of aliphatic carboxylic acids is 1. The van der Waals surface area contributed by atoms with Gasteiger partial charge in [-0.05, 0) is 146 Å². The summed E-state index contributed by atoms with van der Waals surface area (Å²) in [5, 5.41) is 14.6. The van der Waals surface area contributed by atoms with Crippen molar-refractivity contribution in [2.24, 2.45) is 11.8 Å². The van der Waals surface area contributed by atoms with Crippen molar-refractivity contribution in [3.05, 3.63) is 112 Å². The fraction of sp³-hybridized carbons (Fsp3) is 0.442. The molecule has 1 heterocycles. The fourth-order valence-corrected chi connectivity index (χ4v) is 9.29. The number of aryl methyl sites for hydroxylation is 1. The van der Waals surface area contributed by atoms with E-state index in [1.807, 2.05) is 48.7 Å². The van der Waals surface area contributed by atoms with Crippen LogP contribution in [0.1, 0.15) is 92.7 Å². The number of carboxylic acid groups (broad SMARTS) is 1. The Morgan fingerprint density at radius 3 is 2.63 bits per heavy atom. The van der Waals surface area contributed by atoms with Crippen molar-refractivity contribution in [1.82, 2.24) is 4.98 Å². The molecule has 8 heteroatoms. The van der Waals surface area contributed by atoms with Crippen LogP contribution in [0.5, 0.6) is 17.2 Å². The molecule has 0 radical (unpaired) electrons. The molecule has 268 valence electrons. The summed E-state index contributed by atoms with van der Waals surface area (Å²) in [6.45, 7) is 5.65. The highest BCUT2D eigenvalue weighted by Gasteiger charge is 2.54. The molecule has 1 saturated carbocycles. The van der Waals surface area contributed by atoms with Gasteiger partial charge in [0, 0.05) is 28.2 Å². The summed E-state index contributed by atoms with van der Waals surface area (Å²) < 4.78 is 18.4. The largest absolute Gasteiger partial charge is 0.497 e. The van der Waals surface area contributed by atoms with E-state index >= 15 is 0 Å². The molecular weight excluding hydrogens is 660 g/mol. The van der Waals surface area contributed by atoms with Crippen LogP contribution in [0.15, 0.2) is 79.0 Å². The minimum Gasteiger partial charge on any atom is -0.497 e. The molecule has 3 aliphatic rings. The second-order valence-corrected chi connectivity index (χ2v) is 15.6. The number of ether oxygens (including phenoxy) is 3. The van der Waals surface area contributed by atoms with E-state index in [0.29, 0.717) is 48.8 Å². The van der Waals surface area contributed by atoms with Gasteiger partial charge in [-0.25, -0.2) is 4.79 Å². The first-order valence-electron chi connectivity index (χ1n) is 18.4. The van der Waals surface area contributed by atoms with Gasteiger partial charge >= 0.3 is 5.97 Å². The first-order valence-corrected chi connectivity index (χ1v) is 18.8. The Hall–Kier alpha value is -4.23. The number of anilines is 1. The van der Waals surface area contributed by atoms with Crippen molar-refractivity contribution in [3.63, 3.8) is 0 Å². The van der Waals surface area contributed by atoms with Crippen LogP contribution in [-0.2, 0) is 29.7 Å². The molecule has 3 atom stereocenters. The van der Waals surface area contributed by atoms with Crippen molar-refractivity contribution in [1.29, 1.82) is 0 Å². The number of benzene rings is 3. The van der Waals surface area contributed by atoms with Crippen LogP contribution in [0, 0.1) is 11.8 Å². The zero-order valence-electron chi connectivity index (χ0n) is 29.9. The molecule has 3 aromatic carbocycles. The van der Waals surface area contributed by atoms with E-state index in [1.165, 1.54) is 35.2 Å². The zero-order chi connectivity index (χ0) is 35.6. The number of rotatable bonds is 12. The normalized spacial score (nSPS) is 24.3. The van der Waals surface area contributed by atoms with Crippen LogP contribution in [0.25, 0.3) is 0 Å². The van der Waals surface area contributed by atoms with E-state index in [-0.39, 0.29) is 5.41 Å². The van der Waals surface area contributed by atoms with Gasteiger partial charge in [-0.3, -0.25) is 4.98 Å². The summed E-state index contributed by atoms with van der Waals surface area (Å²) in [7, 11) is 1.67. The Labute approximate surface area is 306 Å². The van der Waals surface area contributed by atoms with E-state index in [9.17, 15) is 9.90 Å². The number of carbonyl (C=O) groups is 1. The lowest BCUT2D eigenvalue weighted by Gasteiger charge is -2.47. The molecule has 7 rings (SSSR count). The van der Waals surface area contributed by atoms with Crippen LogP contribution in [0.3, 0.4) is 0 Å². The summed E-state index contributed by atoms with van der Waals surface area (Å²) in [6.07, 6.45) is 9.72. The molecule has 51 heavy (non-hydrogen) atoms. The van der Waals surface area contributed by atoms with Crippen LogP contribution in [0.4, 0.5) is 5.69 Å². The fourth-order valence-electron chi connectivity index (χ4n) is 9.10. The van der Waals surface area contributed by atoms with Gasteiger partial charge in [0.25, 0.3) is 0 Å². The number of aromatic nitrogens is 1. The van der Waals surface area contributed by atoms with Crippen LogP contribution in [0.2, 0.25) is 5.02 Å². The van der Waals surface area contributed by atoms with Gasteiger partial charge in [-0.1, -0.05) is 49.7 Å². The van der Waals surface area contributed by atoms with Gasteiger partial charge in [-0.15, -0.1) is 0 Å². The number of halogens is 1. The minimum atomic E-state index is -1.07. The second kappa shape index (κ2) is 14.8. The monoisotopic (exact) mass is 708 g/mol. The van der Waals surface area contributed by atoms with Gasteiger partial charge in [-0.2, -0.15) is 0 Å². The summed E-state index contributed by atoms with van der Waals surface area (Å²) in [4.78, 5) is 17.7. The second-order valence-electron chi connectivity index (χ2n) is 15.2. The Bertz CT molecular complexity index is 1870. The molecule has 1 aromatic heterocycles. The number of methoxy groups -OCH3 is 1. The van der Waals surface area contributed by atoms with E-state index in [2.05, 4.69) is 42.3 Å². The SMILES string of the molecule is COc1cccc(COc2ccc3c(c2)C2(CCC(Nc4cccc(Cl)c4)(C(=O)O)CC2)C(C[C@@H](C)COc2ccnc4c2[C@H](C)CCC4)C3)c1. The molecule has 1 spiro atoms. The number of carboxylic acids is 1. The molecular formula is C43H49ClN2O5. The van der Waals surface area contributed by atoms with Crippen molar-refractivity contribution in [2.75, 3.05) is 19.0 Å². The topological polar surface area (TPSA) is 89.9 Å². The lowest BCUT2D eigenvalue weighted by molar-refractivity contribution is -0.144. The van der Waals surface area contributed by atoms with E-state index < -0.39 is 11.5 Å². The number of nitrogens with zero attached hydrogens (tertiary/aromatic N) is 1. The Morgan fingerprint density at radius 2 is 1.84 bits per heavy atom. The van der Waals surface area contributed by atoms with Crippen molar-refractivity contribution >= 4 is 23.3 Å². The lowest BCUT2D eigenvalue weighted by atomic mass is 9.59. The predicted molar refractivity (Wildman–Crippen MR) is 201 cm³/mol. The van der Waals surface area contributed by atoms with Crippen LogP contribution in [-0.4, -0.2) is 35.3 Å². The average Bonchev–Trinajstić information content (AvgIpc) is 3.42. The van der Waals surface area contributed by atoms with Crippen LogP contribution >= 0.6 is 11.6 Å². The molecule has 3 aliphatic carbocycles. The predicted octanol–water partition coefficient (Wildman–Crippen LogP) is 9.79. The number of nitrogens with one attached hydrogen (secondary N) is 1. The first-order chi connectivity index (χ1) is 24.7. The third-order valence-electron chi connectivity index (χ3n) is 11.8. The molecule has 0 bridgehead atoms. The molecule has 4 aromatic rings. The van der Waals surface area contributed by atoms with E-state index in [1.54, 1.807) is 19.2 Å². The molecule has 2 N–H and O–H groups in total. The summed E-state index contributed by atoms with van der Waals surface area (Å²) in [5.41, 5.74) is 5.64. The maximum absolute atomic E-state index is 13.0. The zero-order valence-corrected chi connectivity index (χ0v) is 30.7. The smallest absolute Gasteiger partial charge is 0.329 e. The number of pyridine rings is 1. The average molecular weight is 709 g/mol. The molecule has 1 unspecified atom stereocenters. The Kier molecular flexibility index (Phi) is 10.2. The van der Waals surface area contributed by atoms with Gasteiger partial charge in [0.05, 0.1) is 13.7 Å². The highest BCUT2D eigenvalue weighted by Crippen LogP contribution is 2.57. The minimum absolute atomic E-state index is 0.168. The first kappa shape index (κ1) is 35.2. The van der Waals surface area contributed by atoms with Gasteiger partial charge in [0.2, 0.25) is 0 Å². The summed E-state index contributed by atoms with van der Waals surface area (Å²) >= 11 is 6.29. The number of fused-ring (bicyclic) bond motifs is 3. The van der Waals surface area contributed by atoms with Crippen molar-refractivity contribution < 1.29 is 24.1 Å². The molecule has 0 saturated heterocycles. The van der Waals surface area contributed by atoms with Crippen molar-refractivity contribution in [2.45, 2.75) is 95.1 Å². The van der Waals surface area contributed by atoms with Gasteiger partial charge in [0.15, 0.2) is 0 Å². The lowest BCUT2D eigenvalue weighted by Crippen LogP contribution is -2.53. The molecule has 1 fully saturated rings. The third-order valence-corrected chi connectivity index (χ3v) is 12.0. The highest BCUT2D eigenvalue weighted by atomic mass is 35.5. The third kappa shape index (κ3) is 7.28. The molecule has 0 aliphatic heterocycles.